The zero-order valence-corrected chi connectivity index (χ0v) is 17.9. The molecule has 34 heavy (non-hydrogen) atoms. The maximum Gasteiger partial charge on any atom is 0.257 e. The van der Waals surface area contributed by atoms with E-state index in [0.717, 1.165) is 18.2 Å². The van der Waals surface area contributed by atoms with Crippen LogP contribution in [0.4, 0.5) is 32.2 Å². The Labute approximate surface area is 189 Å². The Kier molecular flexibility index (Phi) is 6.08. The number of nitrogens with one attached hydrogen (secondary N) is 1. The summed E-state index contributed by atoms with van der Waals surface area (Å²) in [5.74, 6) is 3.47. The van der Waals surface area contributed by atoms with Gasteiger partial charge in [0.1, 0.15) is 17.5 Å². The summed E-state index contributed by atoms with van der Waals surface area (Å²) in [6.07, 6.45) is -5.40. The van der Waals surface area contributed by atoms with Gasteiger partial charge in [0, 0.05) is 11.1 Å². The lowest BCUT2D eigenvalue weighted by atomic mass is 9.94. The number of benzene rings is 2. The minimum atomic E-state index is -2.70. The quantitative estimate of drug-likeness (QED) is 0.303. The average molecular weight is 477 g/mol. The monoisotopic (exact) mass is 477 g/mol. The lowest BCUT2D eigenvalue weighted by Crippen LogP contribution is -2.19. The second kappa shape index (κ2) is 8.85. The number of nitrogens with zero attached hydrogens (tertiary/aromatic N) is 4. The van der Waals surface area contributed by atoms with E-state index in [9.17, 15) is 26.3 Å². The molecule has 176 valence electrons. The van der Waals surface area contributed by atoms with Crippen molar-refractivity contribution in [1.29, 1.82) is 0 Å². The Morgan fingerprint density at radius 3 is 2.53 bits per heavy atom. The molecular formula is C23H17F6N5. The molecule has 4 rings (SSSR count). The topological polar surface area (TPSA) is 55.1 Å². The highest BCUT2D eigenvalue weighted by Gasteiger charge is 2.27. The molecule has 0 aliphatic heterocycles. The van der Waals surface area contributed by atoms with E-state index in [-0.39, 0.29) is 39.4 Å². The number of rotatable bonds is 5. The molecule has 0 bridgehead atoms. The van der Waals surface area contributed by atoms with Crippen LogP contribution in [0, 0.1) is 28.9 Å². The van der Waals surface area contributed by atoms with Gasteiger partial charge >= 0.3 is 0 Å². The van der Waals surface area contributed by atoms with Crippen molar-refractivity contribution >= 4 is 22.5 Å². The highest BCUT2D eigenvalue weighted by atomic mass is 19.3. The van der Waals surface area contributed by atoms with Crippen molar-refractivity contribution in [3.05, 3.63) is 53.6 Å². The number of aromatic nitrogens is 4. The predicted molar refractivity (Wildman–Crippen MR) is 115 cm³/mol. The molecule has 0 saturated heterocycles. The van der Waals surface area contributed by atoms with Crippen LogP contribution >= 0.6 is 0 Å². The number of hydrogen-bond donors (Lipinski definition) is 1. The van der Waals surface area contributed by atoms with Gasteiger partial charge in [-0.15, -0.1) is 10.2 Å². The molecule has 1 N–H and O–H groups in total. The van der Waals surface area contributed by atoms with E-state index in [2.05, 4.69) is 32.3 Å². The summed E-state index contributed by atoms with van der Waals surface area (Å²) < 4.78 is 82.0. The number of halogens is 6. The molecule has 0 spiro atoms. The van der Waals surface area contributed by atoms with Crippen LogP contribution in [0.2, 0.25) is 0 Å². The van der Waals surface area contributed by atoms with Crippen molar-refractivity contribution < 1.29 is 26.3 Å². The fraction of sp³-hybridized carbons (Fsp3) is 0.261. The number of hydrogen-bond acceptors (Lipinski definition) is 4. The molecule has 0 aliphatic rings. The molecule has 0 fully saturated rings. The fourth-order valence-electron chi connectivity index (χ4n) is 3.23. The molecule has 0 amide bonds. The zero-order valence-electron chi connectivity index (χ0n) is 17.9. The van der Waals surface area contributed by atoms with Gasteiger partial charge in [-0.05, 0) is 44.2 Å². The number of anilines is 1. The zero-order chi connectivity index (χ0) is 24.6. The van der Waals surface area contributed by atoms with E-state index in [4.69, 9.17) is 0 Å². The molecule has 4 aromatic rings. The Bertz CT molecular complexity index is 1430. The molecule has 0 radical (unpaired) electrons. The van der Waals surface area contributed by atoms with Gasteiger partial charge in [-0.3, -0.25) is 4.40 Å². The van der Waals surface area contributed by atoms with Gasteiger partial charge in [0.15, 0.2) is 5.82 Å². The van der Waals surface area contributed by atoms with Crippen LogP contribution in [0.15, 0.2) is 36.4 Å². The van der Waals surface area contributed by atoms with E-state index >= 15 is 0 Å². The summed E-state index contributed by atoms with van der Waals surface area (Å²) >= 11 is 0. The van der Waals surface area contributed by atoms with Gasteiger partial charge in [0.05, 0.1) is 22.9 Å². The minimum Gasteiger partial charge on any atom is -0.364 e. The molecule has 0 saturated carbocycles. The fourth-order valence-corrected chi connectivity index (χ4v) is 3.23. The Hall–Kier alpha value is -3.81. The van der Waals surface area contributed by atoms with Crippen LogP contribution in [0.1, 0.15) is 19.4 Å². The second-order valence-corrected chi connectivity index (χ2v) is 8.03. The normalized spacial score (nSPS) is 11.9. The van der Waals surface area contributed by atoms with Crippen molar-refractivity contribution in [2.75, 3.05) is 11.9 Å². The first kappa shape index (κ1) is 23.4. The van der Waals surface area contributed by atoms with Gasteiger partial charge < -0.3 is 5.32 Å². The third-order valence-corrected chi connectivity index (χ3v) is 4.98. The first-order chi connectivity index (χ1) is 16.1. The molecule has 2 heterocycles. The Morgan fingerprint density at radius 1 is 1.06 bits per heavy atom. The van der Waals surface area contributed by atoms with Gasteiger partial charge in [0.2, 0.25) is 0 Å². The number of fused-ring (bicyclic) bond motifs is 3. The SMILES string of the molecule is CC(C)(C#Cc1cc(F)cc(-c2nnc3nc(NCC(F)F)c4c(F)cccc4n23)c1)C(F)F. The molecule has 2 aromatic heterocycles. The third kappa shape index (κ3) is 4.48. The molecule has 2 aromatic carbocycles. The maximum atomic E-state index is 14.7. The van der Waals surface area contributed by atoms with Gasteiger partial charge in [-0.2, -0.15) is 4.98 Å². The first-order valence-corrected chi connectivity index (χ1v) is 10.0. The van der Waals surface area contributed by atoms with E-state index in [0.29, 0.717) is 0 Å². The Morgan fingerprint density at radius 2 is 1.82 bits per heavy atom. The van der Waals surface area contributed by atoms with Crippen LogP contribution in [0.5, 0.6) is 0 Å². The average Bonchev–Trinajstić information content (AvgIpc) is 3.20. The third-order valence-electron chi connectivity index (χ3n) is 4.98. The summed E-state index contributed by atoms with van der Waals surface area (Å²) in [4.78, 5) is 4.12. The van der Waals surface area contributed by atoms with Gasteiger partial charge in [-0.1, -0.05) is 17.9 Å². The highest BCUT2D eigenvalue weighted by Crippen LogP contribution is 2.30. The summed E-state index contributed by atoms with van der Waals surface area (Å²) in [6.45, 7) is 1.78. The van der Waals surface area contributed by atoms with E-state index in [1.807, 2.05) is 0 Å². The summed E-state index contributed by atoms with van der Waals surface area (Å²) in [6, 6.07) is 7.72. The van der Waals surface area contributed by atoms with Crippen molar-refractivity contribution in [3.63, 3.8) is 0 Å². The second-order valence-electron chi connectivity index (χ2n) is 8.03. The van der Waals surface area contributed by atoms with E-state index < -0.39 is 36.4 Å². The van der Waals surface area contributed by atoms with Crippen LogP contribution < -0.4 is 5.32 Å². The van der Waals surface area contributed by atoms with Crippen LogP contribution in [-0.4, -0.2) is 39.0 Å². The minimum absolute atomic E-state index is 0.0411. The Balaban J connectivity index is 1.90. The molecule has 11 heteroatoms. The largest absolute Gasteiger partial charge is 0.364 e. The van der Waals surface area contributed by atoms with Crippen LogP contribution in [-0.2, 0) is 0 Å². The molecule has 0 unspecified atom stereocenters. The van der Waals surface area contributed by atoms with Crippen molar-refractivity contribution in [2.45, 2.75) is 26.7 Å². The highest BCUT2D eigenvalue weighted by molar-refractivity contribution is 5.92. The molecule has 0 aliphatic carbocycles. The summed E-state index contributed by atoms with van der Waals surface area (Å²) in [5.41, 5.74) is -1.09. The standard InChI is InChI=1S/C23H17F6N5/c1-23(2,21(28)29)7-6-12-8-13(10-14(24)9-12)20-32-33-22-31-19(30-11-17(26)27)18-15(25)4-3-5-16(18)34(20)22/h3-5,8-10,17,21H,11H2,1-2H3,(H,30,31,33). The molecule has 0 atom stereocenters. The van der Waals surface area contributed by atoms with E-state index in [1.54, 1.807) is 0 Å². The maximum absolute atomic E-state index is 14.7. The van der Waals surface area contributed by atoms with E-state index in [1.165, 1.54) is 36.4 Å². The van der Waals surface area contributed by atoms with Gasteiger partial charge in [-0.25, -0.2) is 26.3 Å². The smallest absolute Gasteiger partial charge is 0.257 e. The summed E-state index contributed by atoms with van der Waals surface area (Å²) in [5, 5.41) is 10.3. The molecular weight excluding hydrogens is 460 g/mol. The predicted octanol–water partition coefficient (Wildman–Crippen LogP) is 5.54. The van der Waals surface area contributed by atoms with Gasteiger partial charge in [0.25, 0.3) is 18.6 Å². The lowest BCUT2D eigenvalue weighted by Gasteiger charge is -2.15. The van der Waals surface area contributed by atoms with Crippen molar-refractivity contribution in [1.82, 2.24) is 19.6 Å². The van der Waals surface area contributed by atoms with Crippen molar-refractivity contribution in [3.8, 4) is 23.2 Å². The van der Waals surface area contributed by atoms with Crippen LogP contribution in [0.25, 0.3) is 28.1 Å². The molecule has 5 nitrogen and oxygen atoms in total. The lowest BCUT2D eigenvalue weighted by molar-refractivity contribution is 0.0570. The van der Waals surface area contributed by atoms with Crippen molar-refractivity contribution in [2.24, 2.45) is 5.41 Å². The summed E-state index contributed by atoms with van der Waals surface area (Å²) in [7, 11) is 0. The first-order valence-electron chi connectivity index (χ1n) is 10.0. The van der Waals surface area contributed by atoms with Crippen LogP contribution in [0.3, 0.4) is 0 Å². The number of alkyl halides is 4.